The summed E-state index contributed by atoms with van der Waals surface area (Å²) in [7, 11) is 0. The van der Waals surface area contributed by atoms with E-state index in [-0.39, 0.29) is 0 Å². The summed E-state index contributed by atoms with van der Waals surface area (Å²) in [5.41, 5.74) is 6.36. The van der Waals surface area contributed by atoms with Crippen molar-refractivity contribution in [1.82, 2.24) is 4.98 Å². The Hall–Kier alpha value is -3.89. The van der Waals surface area contributed by atoms with Crippen molar-refractivity contribution in [2.45, 2.75) is 0 Å². The van der Waals surface area contributed by atoms with Crippen LogP contribution in [0.2, 0.25) is 0 Å². The summed E-state index contributed by atoms with van der Waals surface area (Å²) in [6, 6.07) is 41.8. The van der Waals surface area contributed by atoms with Crippen molar-refractivity contribution in [3.05, 3.63) is 138 Å². The SMILES string of the molecule is Brc1cc(N(c2ccccc2)c2ccccc2)cc(N(c2ccccc2)c2cccnc2)c1. The number of pyridine rings is 1. The Bertz CT molecular complexity index is 1130. The zero-order valence-corrected chi connectivity index (χ0v) is 19.5. The van der Waals surface area contributed by atoms with Crippen molar-refractivity contribution in [3.63, 3.8) is 0 Å². The second kappa shape index (κ2) is 9.72. The molecule has 160 valence electrons. The van der Waals surface area contributed by atoms with Crippen molar-refractivity contribution in [3.8, 4) is 0 Å². The van der Waals surface area contributed by atoms with Gasteiger partial charge in [-0.2, -0.15) is 0 Å². The third-order valence-electron chi connectivity index (χ3n) is 5.33. The maximum Gasteiger partial charge on any atom is 0.0644 e. The molecule has 0 spiro atoms. The number of nitrogens with zero attached hydrogens (tertiary/aromatic N) is 3. The van der Waals surface area contributed by atoms with Crippen molar-refractivity contribution in [2.75, 3.05) is 9.80 Å². The number of anilines is 6. The first-order valence-corrected chi connectivity index (χ1v) is 11.5. The Balaban J connectivity index is 1.69. The van der Waals surface area contributed by atoms with Crippen LogP contribution < -0.4 is 9.80 Å². The van der Waals surface area contributed by atoms with E-state index < -0.39 is 0 Å². The van der Waals surface area contributed by atoms with Crippen molar-refractivity contribution >= 4 is 50.1 Å². The highest BCUT2D eigenvalue weighted by atomic mass is 79.9. The van der Waals surface area contributed by atoms with Crippen LogP contribution >= 0.6 is 15.9 Å². The summed E-state index contributed by atoms with van der Waals surface area (Å²) < 4.78 is 0.997. The molecule has 0 bridgehead atoms. The molecule has 33 heavy (non-hydrogen) atoms. The quantitative estimate of drug-likeness (QED) is 0.236. The molecular weight excluding hydrogens is 470 g/mol. The third kappa shape index (κ3) is 4.66. The van der Waals surface area contributed by atoms with Gasteiger partial charge in [0.25, 0.3) is 0 Å². The number of para-hydroxylation sites is 3. The van der Waals surface area contributed by atoms with E-state index in [9.17, 15) is 0 Å². The fourth-order valence-electron chi connectivity index (χ4n) is 3.93. The molecule has 0 saturated heterocycles. The van der Waals surface area contributed by atoms with Crippen LogP contribution in [0.25, 0.3) is 0 Å². The molecule has 4 heteroatoms. The zero-order valence-electron chi connectivity index (χ0n) is 17.9. The van der Waals surface area contributed by atoms with Crippen molar-refractivity contribution in [1.29, 1.82) is 0 Å². The van der Waals surface area contributed by atoms with Crippen molar-refractivity contribution < 1.29 is 0 Å². The molecule has 0 aliphatic heterocycles. The lowest BCUT2D eigenvalue weighted by Crippen LogP contribution is -2.13. The maximum atomic E-state index is 4.37. The molecule has 1 aromatic heterocycles. The first kappa shape index (κ1) is 21.0. The average Bonchev–Trinajstić information content (AvgIpc) is 2.87. The molecule has 3 nitrogen and oxygen atoms in total. The Morgan fingerprint density at radius 1 is 0.455 bits per heavy atom. The molecule has 0 saturated carbocycles. The highest BCUT2D eigenvalue weighted by Crippen LogP contribution is 2.41. The number of hydrogen-bond acceptors (Lipinski definition) is 3. The number of rotatable bonds is 6. The van der Waals surface area contributed by atoms with Gasteiger partial charge in [-0.05, 0) is 66.7 Å². The van der Waals surface area contributed by atoms with Gasteiger partial charge >= 0.3 is 0 Å². The molecule has 5 aromatic rings. The van der Waals surface area contributed by atoms with E-state index in [2.05, 4.69) is 128 Å². The molecule has 0 amide bonds. The summed E-state index contributed by atoms with van der Waals surface area (Å²) in [5, 5.41) is 0. The van der Waals surface area contributed by atoms with Crippen LogP contribution in [0, 0.1) is 0 Å². The monoisotopic (exact) mass is 491 g/mol. The zero-order chi connectivity index (χ0) is 22.5. The van der Waals surface area contributed by atoms with Gasteiger partial charge in [0, 0.05) is 39.1 Å². The number of benzene rings is 4. The smallest absolute Gasteiger partial charge is 0.0644 e. The number of halogens is 1. The van der Waals surface area contributed by atoms with Gasteiger partial charge in [-0.1, -0.05) is 70.5 Å². The van der Waals surface area contributed by atoms with Gasteiger partial charge in [0.1, 0.15) is 0 Å². The van der Waals surface area contributed by atoms with Crippen LogP contribution in [0.15, 0.2) is 138 Å². The minimum Gasteiger partial charge on any atom is -0.310 e. The molecule has 0 aliphatic carbocycles. The minimum absolute atomic E-state index is 0.997. The minimum atomic E-state index is 0.997. The summed E-state index contributed by atoms with van der Waals surface area (Å²) in [5.74, 6) is 0. The van der Waals surface area contributed by atoms with E-state index in [1.54, 1.807) is 6.20 Å². The second-order valence-corrected chi connectivity index (χ2v) is 8.47. The van der Waals surface area contributed by atoms with Gasteiger partial charge in [-0.25, -0.2) is 0 Å². The Kier molecular flexibility index (Phi) is 6.18. The summed E-state index contributed by atoms with van der Waals surface area (Å²) >= 11 is 3.77. The Morgan fingerprint density at radius 3 is 1.30 bits per heavy atom. The second-order valence-electron chi connectivity index (χ2n) is 7.56. The molecule has 4 aromatic carbocycles. The largest absolute Gasteiger partial charge is 0.310 e. The van der Waals surface area contributed by atoms with Crippen LogP contribution in [0.1, 0.15) is 0 Å². The molecule has 0 N–H and O–H groups in total. The molecular formula is C29H22BrN3. The van der Waals surface area contributed by atoms with Gasteiger partial charge < -0.3 is 9.80 Å². The number of hydrogen-bond donors (Lipinski definition) is 0. The molecule has 0 fully saturated rings. The Morgan fingerprint density at radius 2 is 0.879 bits per heavy atom. The molecule has 0 aliphatic rings. The lowest BCUT2D eigenvalue weighted by atomic mass is 10.1. The standard InChI is InChI=1S/C29H22BrN3/c30-23-19-28(32(24-11-4-1-5-12-24)25-13-6-2-7-14-25)21-29(20-23)33(26-15-8-3-9-16-26)27-17-10-18-31-22-27/h1-22H. The van der Waals surface area contributed by atoms with Crippen LogP contribution in [0.5, 0.6) is 0 Å². The van der Waals surface area contributed by atoms with Gasteiger partial charge in [0.15, 0.2) is 0 Å². The lowest BCUT2D eigenvalue weighted by Gasteiger charge is -2.29. The van der Waals surface area contributed by atoms with E-state index in [1.165, 1.54) is 0 Å². The van der Waals surface area contributed by atoms with E-state index in [1.807, 2.05) is 30.5 Å². The van der Waals surface area contributed by atoms with Crippen LogP contribution in [0.4, 0.5) is 34.1 Å². The maximum absolute atomic E-state index is 4.37. The lowest BCUT2D eigenvalue weighted by molar-refractivity contribution is 1.21. The van der Waals surface area contributed by atoms with Crippen LogP contribution in [-0.4, -0.2) is 4.98 Å². The first-order chi connectivity index (χ1) is 16.3. The topological polar surface area (TPSA) is 19.4 Å². The number of aromatic nitrogens is 1. The predicted molar refractivity (Wildman–Crippen MR) is 141 cm³/mol. The molecule has 0 radical (unpaired) electrons. The van der Waals surface area contributed by atoms with Crippen LogP contribution in [-0.2, 0) is 0 Å². The average molecular weight is 492 g/mol. The van der Waals surface area contributed by atoms with Gasteiger partial charge in [-0.3, -0.25) is 4.98 Å². The van der Waals surface area contributed by atoms with E-state index in [0.29, 0.717) is 0 Å². The highest BCUT2D eigenvalue weighted by molar-refractivity contribution is 9.10. The third-order valence-corrected chi connectivity index (χ3v) is 5.79. The van der Waals surface area contributed by atoms with Crippen molar-refractivity contribution in [2.24, 2.45) is 0 Å². The summed E-state index contributed by atoms with van der Waals surface area (Å²) in [4.78, 5) is 8.85. The first-order valence-electron chi connectivity index (χ1n) is 10.8. The van der Waals surface area contributed by atoms with Crippen LogP contribution in [0.3, 0.4) is 0 Å². The predicted octanol–water partition coefficient (Wildman–Crippen LogP) is 8.78. The highest BCUT2D eigenvalue weighted by Gasteiger charge is 2.18. The molecule has 1 heterocycles. The van der Waals surface area contributed by atoms with E-state index >= 15 is 0 Å². The van der Waals surface area contributed by atoms with Gasteiger partial charge in [0.05, 0.1) is 11.9 Å². The molecule has 5 rings (SSSR count). The van der Waals surface area contributed by atoms with E-state index in [4.69, 9.17) is 0 Å². The summed E-state index contributed by atoms with van der Waals surface area (Å²) in [6.07, 6.45) is 3.69. The molecule has 0 atom stereocenters. The fourth-order valence-corrected chi connectivity index (χ4v) is 4.40. The normalized spacial score (nSPS) is 10.6. The molecule has 0 unspecified atom stereocenters. The summed E-state index contributed by atoms with van der Waals surface area (Å²) in [6.45, 7) is 0. The fraction of sp³-hybridized carbons (Fsp3) is 0. The van der Waals surface area contributed by atoms with Gasteiger partial charge in [-0.15, -0.1) is 0 Å². The van der Waals surface area contributed by atoms with Gasteiger partial charge in [0.2, 0.25) is 0 Å². The Labute approximate surface area is 202 Å². The van der Waals surface area contributed by atoms with E-state index in [0.717, 1.165) is 38.6 Å².